The van der Waals surface area contributed by atoms with Gasteiger partial charge in [-0.05, 0) is 31.6 Å². The molecule has 0 N–H and O–H groups in total. The number of rotatable bonds is 9. The highest BCUT2D eigenvalue weighted by molar-refractivity contribution is 5.81. The van der Waals surface area contributed by atoms with Gasteiger partial charge in [-0.2, -0.15) is 0 Å². The summed E-state index contributed by atoms with van der Waals surface area (Å²) in [5.74, 6) is 1.58. The topological polar surface area (TPSA) is 34.1 Å². The van der Waals surface area contributed by atoms with Crippen molar-refractivity contribution in [2.45, 2.75) is 77.6 Å². The van der Waals surface area contributed by atoms with E-state index in [4.69, 9.17) is 0 Å². The fraction of sp³-hybridized carbons (Fsp3) is 0.875. The van der Waals surface area contributed by atoms with Crippen molar-refractivity contribution in [1.29, 1.82) is 0 Å². The molecule has 1 aliphatic rings. The minimum atomic E-state index is 0.330. The van der Waals surface area contributed by atoms with Gasteiger partial charge in [0.05, 0.1) is 0 Å². The molecule has 0 aliphatic heterocycles. The molecule has 0 saturated heterocycles. The van der Waals surface area contributed by atoms with Gasteiger partial charge >= 0.3 is 0 Å². The van der Waals surface area contributed by atoms with Crippen molar-refractivity contribution in [2.75, 3.05) is 0 Å². The van der Waals surface area contributed by atoms with Crippen molar-refractivity contribution >= 4 is 12.1 Å². The zero-order valence-corrected chi connectivity index (χ0v) is 11.8. The first-order chi connectivity index (χ1) is 8.77. The van der Waals surface area contributed by atoms with E-state index in [-0.39, 0.29) is 0 Å². The van der Waals surface area contributed by atoms with Crippen LogP contribution < -0.4 is 0 Å². The predicted molar refractivity (Wildman–Crippen MR) is 74.5 cm³/mol. The van der Waals surface area contributed by atoms with Crippen LogP contribution in [0.1, 0.15) is 77.6 Å². The average molecular weight is 252 g/mol. The Morgan fingerprint density at radius 1 is 1.22 bits per heavy atom. The second-order valence-electron chi connectivity index (χ2n) is 5.75. The normalized spacial score (nSPS) is 23.8. The van der Waals surface area contributed by atoms with Crippen molar-refractivity contribution < 1.29 is 9.59 Å². The van der Waals surface area contributed by atoms with E-state index in [2.05, 4.69) is 6.92 Å². The quantitative estimate of drug-likeness (QED) is 0.452. The van der Waals surface area contributed by atoms with Gasteiger partial charge in [0, 0.05) is 18.8 Å². The summed E-state index contributed by atoms with van der Waals surface area (Å²) in [5, 5.41) is 0. The molecule has 0 spiro atoms. The highest BCUT2D eigenvalue weighted by atomic mass is 16.1. The van der Waals surface area contributed by atoms with Crippen LogP contribution in [-0.4, -0.2) is 12.1 Å². The molecule has 0 aromatic rings. The van der Waals surface area contributed by atoms with Gasteiger partial charge in [-0.1, -0.05) is 39.0 Å². The van der Waals surface area contributed by atoms with E-state index in [0.717, 1.165) is 37.9 Å². The molecule has 18 heavy (non-hydrogen) atoms. The van der Waals surface area contributed by atoms with Gasteiger partial charge in [0.15, 0.2) is 0 Å². The van der Waals surface area contributed by atoms with Crippen LogP contribution in [-0.2, 0) is 9.59 Å². The number of ketones is 1. The molecule has 2 unspecified atom stereocenters. The zero-order chi connectivity index (χ0) is 13.2. The summed E-state index contributed by atoms with van der Waals surface area (Å²) in [6.07, 6.45) is 12.7. The number of hydrogen-bond acceptors (Lipinski definition) is 2. The van der Waals surface area contributed by atoms with Crippen LogP contribution in [0.4, 0.5) is 0 Å². The maximum atomic E-state index is 12.1. The van der Waals surface area contributed by atoms with E-state index in [0.29, 0.717) is 24.5 Å². The summed E-state index contributed by atoms with van der Waals surface area (Å²) in [4.78, 5) is 22.3. The fourth-order valence-electron chi connectivity index (χ4n) is 3.07. The van der Waals surface area contributed by atoms with Crippen LogP contribution in [0.2, 0.25) is 0 Å². The largest absolute Gasteiger partial charge is 0.303 e. The van der Waals surface area contributed by atoms with Gasteiger partial charge in [0.1, 0.15) is 12.1 Å². The third kappa shape index (κ3) is 5.79. The van der Waals surface area contributed by atoms with Crippen LogP contribution in [0.25, 0.3) is 0 Å². The minimum Gasteiger partial charge on any atom is -0.303 e. The Morgan fingerprint density at radius 3 is 2.78 bits per heavy atom. The third-order valence-corrected chi connectivity index (χ3v) is 4.20. The van der Waals surface area contributed by atoms with Crippen molar-refractivity contribution in [3.8, 4) is 0 Å². The maximum absolute atomic E-state index is 12.1. The standard InChI is InChI=1S/C16H28O2/c1-2-3-8-14-9-7-10-15(13-14)16(18)11-5-4-6-12-17/h12,14-15H,2-11,13H2,1H3. The average Bonchev–Trinajstić information content (AvgIpc) is 2.41. The van der Waals surface area contributed by atoms with Gasteiger partial charge < -0.3 is 4.79 Å². The Balaban J connectivity index is 2.22. The Hall–Kier alpha value is -0.660. The van der Waals surface area contributed by atoms with Crippen LogP contribution >= 0.6 is 0 Å². The van der Waals surface area contributed by atoms with E-state index >= 15 is 0 Å². The van der Waals surface area contributed by atoms with E-state index in [1.54, 1.807) is 0 Å². The molecule has 0 heterocycles. The number of aldehydes is 1. The lowest BCUT2D eigenvalue weighted by Gasteiger charge is -2.28. The number of unbranched alkanes of at least 4 members (excludes halogenated alkanes) is 3. The number of Topliss-reactive ketones (excluding diaryl/α,β-unsaturated/α-hetero) is 1. The summed E-state index contributed by atoms with van der Waals surface area (Å²) in [6.45, 7) is 2.23. The molecule has 0 aromatic carbocycles. The summed E-state index contributed by atoms with van der Waals surface area (Å²) in [7, 11) is 0. The van der Waals surface area contributed by atoms with Crippen molar-refractivity contribution in [3.63, 3.8) is 0 Å². The second-order valence-corrected chi connectivity index (χ2v) is 5.75. The molecular weight excluding hydrogens is 224 g/mol. The summed E-state index contributed by atoms with van der Waals surface area (Å²) in [5.41, 5.74) is 0. The third-order valence-electron chi connectivity index (χ3n) is 4.20. The lowest BCUT2D eigenvalue weighted by molar-refractivity contribution is -0.124. The van der Waals surface area contributed by atoms with Crippen molar-refractivity contribution in [3.05, 3.63) is 0 Å². The van der Waals surface area contributed by atoms with E-state index in [1.807, 2.05) is 0 Å². The molecule has 0 aromatic heterocycles. The van der Waals surface area contributed by atoms with Crippen molar-refractivity contribution in [2.24, 2.45) is 11.8 Å². The smallest absolute Gasteiger partial charge is 0.135 e. The molecule has 2 nitrogen and oxygen atoms in total. The molecule has 1 aliphatic carbocycles. The molecule has 104 valence electrons. The maximum Gasteiger partial charge on any atom is 0.135 e. The van der Waals surface area contributed by atoms with Gasteiger partial charge in [-0.15, -0.1) is 0 Å². The highest BCUT2D eigenvalue weighted by Gasteiger charge is 2.26. The number of carbonyl (C=O) groups is 2. The van der Waals surface area contributed by atoms with Crippen molar-refractivity contribution in [1.82, 2.24) is 0 Å². The lowest BCUT2D eigenvalue weighted by Crippen LogP contribution is -2.23. The zero-order valence-electron chi connectivity index (χ0n) is 11.8. The van der Waals surface area contributed by atoms with Crippen LogP contribution in [0.5, 0.6) is 0 Å². The molecule has 2 heteroatoms. The van der Waals surface area contributed by atoms with E-state index < -0.39 is 0 Å². The highest BCUT2D eigenvalue weighted by Crippen LogP contribution is 2.33. The Labute approximate surface area is 112 Å². The monoisotopic (exact) mass is 252 g/mol. The molecule has 1 fully saturated rings. The first kappa shape index (κ1) is 15.4. The molecule has 1 saturated carbocycles. The molecular formula is C16H28O2. The SMILES string of the molecule is CCCCC1CCCC(C(=O)CCCCC=O)C1. The molecule has 1 rings (SSSR count). The fourth-order valence-corrected chi connectivity index (χ4v) is 3.07. The lowest BCUT2D eigenvalue weighted by atomic mass is 9.76. The second kappa shape index (κ2) is 9.29. The van der Waals surface area contributed by atoms with Gasteiger partial charge in [0.2, 0.25) is 0 Å². The molecule has 0 bridgehead atoms. The molecule has 0 amide bonds. The summed E-state index contributed by atoms with van der Waals surface area (Å²) < 4.78 is 0. The summed E-state index contributed by atoms with van der Waals surface area (Å²) >= 11 is 0. The Bertz CT molecular complexity index is 247. The van der Waals surface area contributed by atoms with Gasteiger partial charge in [-0.3, -0.25) is 4.79 Å². The van der Waals surface area contributed by atoms with Crippen LogP contribution in [0.3, 0.4) is 0 Å². The van der Waals surface area contributed by atoms with Gasteiger partial charge in [0.25, 0.3) is 0 Å². The number of carbonyl (C=O) groups excluding carboxylic acids is 2. The molecule has 2 atom stereocenters. The minimum absolute atomic E-state index is 0.330. The van der Waals surface area contributed by atoms with E-state index in [9.17, 15) is 9.59 Å². The van der Waals surface area contributed by atoms with Crippen LogP contribution in [0, 0.1) is 11.8 Å². The first-order valence-corrected chi connectivity index (χ1v) is 7.74. The van der Waals surface area contributed by atoms with Crippen LogP contribution in [0.15, 0.2) is 0 Å². The van der Waals surface area contributed by atoms with Gasteiger partial charge in [-0.25, -0.2) is 0 Å². The Morgan fingerprint density at radius 2 is 2.06 bits per heavy atom. The first-order valence-electron chi connectivity index (χ1n) is 7.74. The Kier molecular flexibility index (Phi) is 7.95. The summed E-state index contributed by atoms with van der Waals surface area (Å²) in [6, 6.07) is 0. The predicted octanol–water partition coefficient (Wildman–Crippen LogP) is 4.31. The number of hydrogen-bond donors (Lipinski definition) is 0. The van der Waals surface area contributed by atoms with E-state index in [1.165, 1.54) is 32.1 Å². The molecule has 0 radical (unpaired) electrons.